The summed E-state index contributed by atoms with van der Waals surface area (Å²) in [5.41, 5.74) is 7.88. The van der Waals surface area contributed by atoms with Crippen molar-refractivity contribution in [2.45, 2.75) is 98.2 Å². The number of aryl methyl sites for hydroxylation is 2. The van der Waals surface area contributed by atoms with Crippen molar-refractivity contribution in [1.29, 1.82) is 0 Å². The molecular formula is C28H44NSi+. The molecule has 0 amide bonds. The van der Waals surface area contributed by atoms with Gasteiger partial charge in [-0.2, -0.15) is 0 Å². The summed E-state index contributed by atoms with van der Waals surface area (Å²) in [6, 6.07) is 9.62. The molecular weight excluding hydrogens is 378 g/mol. The summed E-state index contributed by atoms with van der Waals surface area (Å²) in [4.78, 5) is 0. The molecule has 0 radical (unpaired) electrons. The third-order valence-electron chi connectivity index (χ3n) is 7.26. The highest BCUT2D eigenvalue weighted by molar-refractivity contribution is 6.89. The van der Waals surface area contributed by atoms with Crippen molar-refractivity contribution < 1.29 is 4.57 Å². The van der Waals surface area contributed by atoms with E-state index in [0.717, 1.165) is 5.92 Å². The van der Waals surface area contributed by atoms with Gasteiger partial charge in [-0.05, 0) is 71.7 Å². The maximum atomic E-state index is 2.56. The molecule has 0 bridgehead atoms. The van der Waals surface area contributed by atoms with E-state index in [1.807, 2.05) is 0 Å². The zero-order valence-corrected chi connectivity index (χ0v) is 22.2. The maximum absolute atomic E-state index is 2.56. The quantitative estimate of drug-likeness (QED) is 0.370. The molecule has 1 aromatic carbocycles. The molecule has 0 saturated heterocycles. The van der Waals surface area contributed by atoms with E-state index in [-0.39, 0.29) is 5.41 Å². The van der Waals surface area contributed by atoms with Crippen molar-refractivity contribution in [3.05, 3.63) is 47.2 Å². The van der Waals surface area contributed by atoms with Gasteiger partial charge in [-0.1, -0.05) is 66.4 Å². The molecule has 0 atom stereocenters. The molecule has 2 heteroatoms. The van der Waals surface area contributed by atoms with Gasteiger partial charge in [-0.15, -0.1) is 0 Å². The van der Waals surface area contributed by atoms with Crippen LogP contribution in [0.3, 0.4) is 0 Å². The van der Waals surface area contributed by atoms with E-state index in [4.69, 9.17) is 0 Å². The van der Waals surface area contributed by atoms with Crippen LogP contribution in [0.5, 0.6) is 0 Å². The molecule has 1 aliphatic rings. The summed E-state index contributed by atoms with van der Waals surface area (Å²) < 4.78 is 2.40. The lowest BCUT2D eigenvalue weighted by atomic mass is 9.71. The molecule has 1 aliphatic carbocycles. The van der Waals surface area contributed by atoms with Crippen LogP contribution >= 0.6 is 0 Å². The lowest BCUT2D eigenvalue weighted by Crippen LogP contribution is -2.46. The van der Waals surface area contributed by atoms with Gasteiger partial charge in [0, 0.05) is 17.2 Å². The van der Waals surface area contributed by atoms with Gasteiger partial charge in [0.05, 0.1) is 8.07 Å². The van der Waals surface area contributed by atoms with Crippen LogP contribution in [-0.2, 0) is 12.5 Å². The molecule has 2 aromatic rings. The zero-order chi connectivity index (χ0) is 22.5. The molecule has 1 nitrogen and oxygen atoms in total. The molecule has 164 valence electrons. The van der Waals surface area contributed by atoms with Gasteiger partial charge < -0.3 is 0 Å². The highest BCUT2D eigenvalue weighted by atomic mass is 28.3. The standard InChI is InChI=1S/C28H44NSi/c1-20-17-22(27(2,3)4)11-12-23(20)25-18-26(30(8,9)10)24(19-29(25)7)21-13-15-28(5,6)16-14-21/h11-12,17-19,21H,13-16H2,1-10H3/q+1. The Morgan fingerprint density at radius 3 is 2.10 bits per heavy atom. The van der Waals surface area contributed by atoms with Crippen molar-refractivity contribution in [2.75, 3.05) is 0 Å². The zero-order valence-electron chi connectivity index (χ0n) is 21.2. The molecule has 0 spiro atoms. The fourth-order valence-corrected chi connectivity index (χ4v) is 6.74. The lowest BCUT2D eigenvalue weighted by molar-refractivity contribution is -0.660. The van der Waals surface area contributed by atoms with Crippen LogP contribution in [0.1, 0.15) is 82.9 Å². The lowest BCUT2D eigenvalue weighted by Gasteiger charge is -2.35. The highest BCUT2D eigenvalue weighted by Gasteiger charge is 2.34. The van der Waals surface area contributed by atoms with E-state index in [0.29, 0.717) is 5.41 Å². The monoisotopic (exact) mass is 422 g/mol. The Hall–Kier alpha value is -1.41. The largest absolute Gasteiger partial charge is 0.212 e. The summed E-state index contributed by atoms with van der Waals surface area (Å²) in [7, 11) is 0.790. The normalized spacial score (nSPS) is 17.9. The van der Waals surface area contributed by atoms with Gasteiger partial charge in [0.15, 0.2) is 6.20 Å². The van der Waals surface area contributed by atoms with E-state index in [1.54, 1.807) is 10.8 Å². The third-order valence-corrected chi connectivity index (χ3v) is 9.31. The van der Waals surface area contributed by atoms with Crippen LogP contribution in [0.2, 0.25) is 19.6 Å². The summed E-state index contributed by atoms with van der Waals surface area (Å²) >= 11 is 0. The number of benzene rings is 1. The van der Waals surface area contributed by atoms with Crippen LogP contribution in [-0.4, -0.2) is 8.07 Å². The molecule has 30 heavy (non-hydrogen) atoms. The topological polar surface area (TPSA) is 3.88 Å². The molecule has 3 rings (SSSR count). The van der Waals surface area contributed by atoms with Crippen molar-refractivity contribution in [3.63, 3.8) is 0 Å². The summed E-state index contributed by atoms with van der Waals surface area (Å²) in [5.74, 6) is 0.726. The number of hydrogen-bond donors (Lipinski definition) is 0. The van der Waals surface area contributed by atoms with Crippen LogP contribution < -0.4 is 9.75 Å². The first kappa shape index (κ1) is 23.3. The second-order valence-corrected chi connectivity index (χ2v) is 17.6. The Kier molecular flexibility index (Phi) is 6.15. The van der Waals surface area contributed by atoms with Crippen LogP contribution in [0.15, 0.2) is 30.5 Å². The summed E-state index contributed by atoms with van der Waals surface area (Å²) in [5, 5.41) is 1.67. The van der Waals surface area contributed by atoms with Gasteiger partial charge in [0.2, 0.25) is 5.69 Å². The van der Waals surface area contributed by atoms with Crippen molar-refractivity contribution in [3.8, 4) is 11.3 Å². The predicted octanol–water partition coefficient (Wildman–Crippen LogP) is 7.01. The van der Waals surface area contributed by atoms with Crippen LogP contribution in [0.25, 0.3) is 11.3 Å². The molecule has 0 aliphatic heterocycles. The minimum atomic E-state index is -1.46. The Bertz CT molecular complexity index is 915. The number of pyridine rings is 1. The van der Waals surface area contributed by atoms with E-state index in [9.17, 15) is 0 Å². The van der Waals surface area contributed by atoms with Gasteiger partial charge in [0.1, 0.15) is 7.05 Å². The highest BCUT2D eigenvalue weighted by Crippen LogP contribution is 2.42. The van der Waals surface area contributed by atoms with Crippen LogP contribution in [0, 0.1) is 12.3 Å². The van der Waals surface area contributed by atoms with Crippen LogP contribution in [0.4, 0.5) is 0 Å². The molecule has 1 aromatic heterocycles. The fourth-order valence-electron chi connectivity index (χ4n) is 5.04. The molecule has 1 saturated carbocycles. The van der Waals surface area contributed by atoms with Crippen molar-refractivity contribution in [2.24, 2.45) is 12.5 Å². The Labute approximate surface area is 186 Å². The fraction of sp³-hybridized carbons (Fsp3) is 0.607. The number of aromatic nitrogens is 1. The average molecular weight is 423 g/mol. The van der Waals surface area contributed by atoms with E-state index in [1.165, 1.54) is 48.1 Å². The SMILES string of the molecule is Cc1cc(C(C)(C)C)ccc1-c1cc([Si](C)(C)C)c(C2CCC(C)(C)CC2)c[n+]1C. The van der Waals surface area contributed by atoms with Gasteiger partial charge in [0.25, 0.3) is 0 Å². The first-order valence-corrected chi connectivity index (χ1v) is 15.3. The van der Waals surface area contributed by atoms with E-state index >= 15 is 0 Å². The minimum Gasteiger partial charge on any atom is -0.201 e. The van der Waals surface area contributed by atoms with Crippen molar-refractivity contribution in [1.82, 2.24) is 0 Å². The molecule has 0 N–H and O–H groups in total. The van der Waals surface area contributed by atoms with Gasteiger partial charge >= 0.3 is 0 Å². The van der Waals surface area contributed by atoms with E-state index < -0.39 is 8.07 Å². The van der Waals surface area contributed by atoms with Gasteiger partial charge in [-0.25, -0.2) is 4.57 Å². The minimum absolute atomic E-state index is 0.188. The average Bonchev–Trinajstić information content (AvgIpc) is 2.60. The molecule has 1 heterocycles. The number of hydrogen-bond acceptors (Lipinski definition) is 0. The Morgan fingerprint density at radius 1 is 1.00 bits per heavy atom. The summed E-state index contributed by atoms with van der Waals surface area (Å²) in [6.45, 7) is 21.6. The second-order valence-electron chi connectivity index (χ2n) is 12.6. The predicted molar refractivity (Wildman–Crippen MR) is 134 cm³/mol. The second kappa shape index (κ2) is 7.93. The maximum Gasteiger partial charge on any atom is 0.212 e. The first-order valence-electron chi connectivity index (χ1n) is 11.8. The molecule has 0 unspecified atom stereocenters. The number of nitrogens with zero attached hydrogens (tertiary/aromatic N) is 1. The number of rotatable bonds is 3. The van der Waals surface area contributed by atoms with Gasteiger partial charge in [-0.3, -0.25) is 0 Å². The Balaban J connectivity index is 2.08. The molecule has 1 fully saturated rings. The Morgan fingerprint density at radius 2 is 1.60 bits per heavy atom. The third kappa shape index (κ3) is 4.90. The first-order chi connectivity index (χ1) is 13.7. The van der Waals surface area contributed by atoms with Crippen molar-refractivity contribution >= 4 is 13.3 Å². The summed E-state index contributed by atoms with van der Waals surface area (Å²) in [6.07, 6.45) is 7.86. The van der Waals surface area contributed by atoms with E-state index in [2.05, 4.69) is 103 Å². The smallest absolute Gasteiger partial charge is 0.201 e.